The van der Waals surface area contributed by atoms with Gasteiger partial charge < -0.3 is 34.2 Å². The van der Waals surface area contributed by atoms with Crippen LogP contribution in [0.4, 0.5) is 5.82 Å². The Labute approximate surface area is 268 Å². The molecule has 0 spiro atoms. The first kappa shape index (κ1) is 30.5. The molecule has 3 fully saturated rings. The Bertz CT molecular complexity index is 2140. The van der Waals surface area contributed by atoms with Crippen molar-refractivity contribution in [2.75, 3.05) is 25.6 Å². The maximum absolute atomic E-state index is 13.6. The fourth-order valence-corrected chi connectivity index (χ4v) is 8.89. The highest BCUT2D eigenvalue weighted by molar-refractivity contribution is 8.44. The molecule has 9 atom stereocenters. The van der Waals surface area contributed by atoms with E-state index in [-0.39, 0.29) is 53.9 Å². The highest BCUT2D eigenvalue weighted by Gasteiger charge is 2.51. The number of rotatable bonds is 2. The zero-order chi connectivity index (χ0) is 32.0. The summed E-state index contributed by atoms with van der Waals surface area (Å²) in [6.07, 6.45) is 2.48. The SMILES string of the molecule is Nc1ncnc2c1ncn2[C@@H]1C[C@@H]2CO[P@@](=O)(S)O[C@@H]3[C@H](O)[C@@H](CO[P@](=O)(S)OC[C@H]21)O[C@H]3n1cnc2c(=O)n3ccnc3[nH]c21. The van der Waals surface area contributed by atoms with Crippen molar-refractivity contribution in [2.45, 2.75) is 37.0 Å². The molecule has 23 heteroatoms. The molecule has 0 unspecified atom stereocenters. The van der Waals surface area contributed by atoms with Gasteiger partial charge in [0.15, 0.2) is 23.2 Å². The van der Waals surface area contributed by atoms with Gasteiger partial charge in [-0.05, 0) is 12.3 Å². The van der Waals surface area contributed by atoms with Crippen molar-refractivity contribution in [3.8, 4) is 0 Å². The molecule has 1 saturated carbocycles. The van der Waals surface area contributed by atoms with Crippen LogP contribution < -0.4 is 11.3 Å². The molecule has 3 aliphatic rings. The summed E-state index contributed by atoms with van der Waals surface area (Å²) < 4.78 is 60.3. The molecular formula is C23H26N10O9P2S2. The molecule has 7 heterocycles. The second-order valence-corrected chi connectivity index (χ2v) is 17.0. The minimum Gasteiger partial charge on any atom is -0.387 e. The van der Waals surface area contributed by atoms with Crippen LogP contribution in [0.2, 0.25) is 0 Å². The first-order valence-corrected chi connectivity index (χ1v) is 19.3. The Morgan fingerprint density at radius 1 is 0.978 bits per heavy atom. The third-order valence-electron chi connectivity index (χ3n) is 8.60. The van der Waals surface area contributed by atoms with Crippen molar-refractivity contribution >= 4 is 72.0 Å². The second-order valence-electron chi connectivity index (χ2n) is 11.2. The van der Waals surface area contributed by atoms with Gasteiger partial charge in [-0.3, -0.25) is 18.4 Å². The number of ether oxygens (including phenoxy) is 1. The third kappa shape index (κ3) is 5.09. The number of thiol groups is 2. The summed E-state index contributed by atoms with van der Waals surface area (Å²) in [6.45, 7) is -8.72. The average molecular weight is 713 g/mol. The van der Waals surface area contributed by atoms with Gasteiger partial charge in [0.25, 0.3) is 5.56 Å². The summed E-state index contributed by atoms with van der Waals surface area (Å²) in [6, 6.07) is -0.224. The number of nitrogens with zero attached hydrogens (tertiary/aromatic N) is 8. The van der Waals surface area contributed by atoms with Crippen molar-refractivity contribution in [3.05, 3.63) is 41.7 Å². The van der Waals surface area contributed by atoms with Crippen molar-refractivity contribution in [1.82, 2.24) is 43.4 Å². The van der Waals surface area contributed by atoms with Crippen molar-refractivity contribution in [2.24, 2.45) is 11.8 Å². The van der Waals surface area contributed by atoms with E-state index in [2.05, 4.69) is 54.4 Å². The predicted molar refractivity (Wildman–Crippen MR) is 165 cm³/mol. The van der Waals surface area contributed by atoms with E-state index < -0.39 is 50.3 Å². The van der Waals surface area contributed by atoms with E-state index >= 15 is 0 Å². The van der Waals surface area contributed by atoms with E-state index in [1.165, 1.54) is 34.0 Å². The van der Waals surface area contributed by atoms with Gasteiger partial charge in [0.1, 0.15) is 35.8 Å². The molecule has 8 rings (SSSR count). The molecular weight excluding hydrogens is 686 g/mol. The summed E-state index contributed by atoms with van der Waals surface area (Å²) >= 11 is 8.37. The molecule has 5 aromatic rings. The molecule has 2 saturated heterocycles. The number of aromatic nitrogens is 9. The van der Waals surface area contributed by atoms with E-state index in [0.717, 1.165) is 0 Å². The predicted octanol–water partition coefficient (Wildman–Crippen LogP) is 1.75. The van der Waals surface area contributed by atoms with E-state index in [1.54, 1.807) is 6.33 Å². The lowest BCUT2D eigenvalue weighted by Crippen LogP contribution is -2.43. The number of fused-ring (bicyclic) bond motifs is 6. The molecule has 2 bridgehead atoms. The number of nitrogens with one attached hydrogen (secondary N) is 1. The van der Waals surface area contributed by atoms with Crippen LogP contribution in [0.3, 0.4) is 0 Å². The Morgan fingerprint density at radius 3 is 2.59 bits per heavy atom. The van der Waals surface area contributed by atoms with Crippen LogP contribution in [0, 0.1) is 11.8 Å². The third-order valence-corrected chi connectivity index (χ3v) is 11.9. The fraction of sp³-hybridized carbons (Fsp3) is 0.478. The zero-order valence-electron chi connectivity index (χ0n) is 23.4. The van der Waals surface area contributed by atoms with E-state index in [1.807, 2.05) is 4.57 Å². The summed E-state index contributed by atoms with van der Waals surface area (Å²) in [5, 5.41) is 11.3. The number of aromatic amines is 1. The molecule has 0 amide bonds. The summed E-state index contributed by atoms with van der Waals surface area (Å²) in [4.78, 5) is 36.9. The minimum absolute atomic E-state index is 0.0527. The number of aliphatic hydroxyl groups excluding tert-OH is 1. The largest absolute Gasteiger partial charge is 0.387 e. The highest BCUT2D eigenvalue weighted by atomic mass is 32.7. The topological polar surface area (TPSA) is 238 Å². The van der Waals surface area contributed by atoms with Gasteiger partial charge in [-0.2, -0.15) is 0 Å². The first-order valence-electron chi connectivity index (χ1n) is 14.0. The van der Waals surface area contributed by atoms with Crippen molar-refractivity contribution in [3.63, 3.8) is 0 Å². The number of anilines is 1. The molecule has 4 N–H and O–H groups in total. The fourth-order valence-electron chi connectivity index (χ4n) is 6.22. The monoisotopic (exact) mass is 712 g/mol. The Morgan fingerprint density at radius 2 is 1.74 bits per heavy atom. The van der Waals surface area contributed by atoms with Crippen molar-refractivity contribution in [1.29, 1.82) is 0 Å². The van der Waals surface area contributed by atoms with Gasteiger partial charge >= 0.3 is 13.6 Å². The lowest BCUT2D eigenvalue weighted by atomic mass is 9.70. The Hall–Kier alpha value is -2.84. The molecule has 5 aromatic heterocycles. The normalized spacial score (nSPS) is 35.7. The highest BCUT2D eigenvalue weighted by Crippen LogP contribution is 2.60. The second kappa shape index (κ2) is 11.1. The smallest absolute Gasteiger partial charge is 0.386 e. The van der Waals surface area contributed by atoms with Crippen LogP contribution in [0.25, 0.3) is 28.1 Å². The number of aliphatic hydroxyl groups is 1. The number of hydrogen-bond donors (Lipinski definition) is 5. The molecule has 1 aliphatic carbocycles. The molecule has 0 radical (unpaired) electrons. The van der Waals surface area contributed by atoms with Crippen molar-refractivity contribution < 1.29 is 37.1 Å². The molecule has 0 aromatic carbocycles. The van der Waals surface area contributed by atoms with Gasteiger partial charge in [0.2, 0.25) is 5.78 Å². The molecule has 19 nitrogen and oxygen atoms in total. The Balaban J connectivity index is 1.10. The maximum atomic E-state index is 13.6. The minimum atomic E-state index is -4.14. The van der Waals surface area contributed by atoms with Gasteiger partial charge in [-0.15, -0.1) is 0 Å². The summed E-state index contributed by atoms with van der Waals surface area (Å²) in [5.74, 6) is -0.115. The summed E-state index contributed by atoms with van der Waals surface area (Å²) in [7, 11) is 0. The standard InChI is InChI=1S/C23H26N10O9P2S2/c24-18-14-19(27-7-26-18)32(8-28-14)12-3-10-4-38-44(37,46)42-17-16(34)13(6-40-43(36,45)39-5-11(10)12)41-22(17)33-9-29-15-20(33)30-23-25-1-2-31(23)21(15)35/h1-2,7-13,16-17,22,34H,3-6H2,(H,25,30)(H,36,45)(H,37,46)(H2,24,26,27)/t10-,11-,12-,13-,16-,17-,22-,43-,44-/m1/s1. The lowest BCUT2D eigenvalue weighted by Gasteiger charge is -2.45. The number of hydrogen-bond acceptors (Lipinski definition) is 15. The van der Waals surface area contributed by atoms with Gasteiger partial charge in [0, 0.05) is 24.4 Å². The quantitative estimate of drug-likeness (QED) is 0.129. The maximum Gasteiger partial charge on any atom is 0.386 e. The van der Waals surface area contributed by atoms with Gasteiger partial charge in [-0.25, -0.2) is 38.5 Å². The zero-order valence-corrected chi connectivity index (χ0v) is 27.0. The van der Waals surface area contributed by atoms with Crippen LogP contribution in [0.5, 0.6) is 0 Å². The van der Waals surface area contributed by atoms with E-state index in [4.69, 9.17) is 28.6 Å². The molecule has 46 heavy (non-hydrogen) atoms. The average Bonchev–Trinajstić information content (AvgIpc) is 3.79. The number of H-pyrrole nitrogens is 1. The molecule has 244 valence electrons. The van der Waals surface area contributed by atoms with Crippen LogP contribution >= 0.6 is 38.1 Å². The van der Waals surface area contributed by atoms with Crippen LogP contribution in [0.15, 0.2) is 36.2 Å². The van der Waals surface area contributed by atoms with Gasteiger partial charge in [0.05, 0.1) is 32.5 Å². The summed E-state index contributed by atoms with van der Waals surface area (Å²) in [5.41, 5.74) is 6.72. The van der Waals surface area contributed by atoms with E-state index in [0.29, 0.717) is 17.6 Å². The van der Waals surface area contributed by atoms with Crippen LogP contribution in [-0.2, 0) is 32.0 Å². The van der Waals surface area contributed by atoms with Crippen LogP contribution in [-0.4, -0.2) is 86.7 Å². The van der Waals surface area contributed by atoms with Crippen LogP contribution in [0.1, 0.15) is 18.7 Å². The van der Waals surface area contributed by atoms with E-state index in [9.17, 15) is 19.0 Å². The first-order chi connectivity index (χ1) is 22.0. The number of nitrogens with two attached hydrogens (primary N) is 1. The lowest BCUT2D eigenvalue weighted by molar-refractivity contribution is -0.0462. The number of imidazole rings is 3. The van der Waals surface area contributed by atoms with Gasteiger partial charge in [-0.1, -0.05) is 24.5 Å². The number of nitrogen functional groups attached to an aromatic ring is 1. The Kier molecular flexibility index (Phi) is 7.37. The molecule has 2 aliphatic heterocycles.